The maximum absolute atomic E-state index is 5.73. The molecule has 0 aliphatic carbocycles. The predicted molar refractivity (Wildman–Crippen MR) is 77.5 cm³/mol. The van der Waals surface area contributed by atoms with Gasteiger partial charge < -0.3 is 14.8 Å². The second kappa shape index (κ2) is 7.02. The van der Waals surface area contributed by atoms with Gasteiger partial charge in [0.15, 0.2) is 0 Å². The molecular formula is C15H30N2O2. The average Bonchev–Trinajstić information content (AvgIpc) is 2.83. The molecule has 2 heterocycles. The van der Waals surface area contributed by atoms with Crippen molar-refractivity contribution in [3.63, 3.8) is 0 Å². The van der Waals surface area contributed by atoms with E-state index in [9.17, 15) is 0 Å². The number of nitrogens with one attached hydrogen (secondary N) is 1. The van der Waals surface area contributed by atoms with Gasteiger partial charge in [0.2, 0.25) is 0 Å². The van der Waals surface area contributed by atoms with Gasteiger partial charge in [-0.15, -0.1) is 0 Å². The Morgan fingerprint density at radius 3 is 2.89 bits per heavy atom. The first-order valence-corrected chi connectivity index (χ1v) is 7.79. The molecule has 2 saturated heterocycles. The lowest BCUT2D eigenvalue weighted by Crippen LogP contribution is -2.53. The summed E-state index contributed by atoms with van der Waals surface area (Å²) in [6, 6.07) is 0.528. The maximum Gasteiger partial charge on any atom is 0.0674 e. The first kappa shape index (κ1) is 15.2. The van der Waals surface area contributed by atoms with Crippen molar-refractivity contribution in [2.45, 2.75) is 45.8 Å². The molecule has 3 unspecified atom stereocenters. The number of hydrogen-bond donors (Lipinski definition) is 1. The van der Waals surface area contributed by atoms with Crippen LogP contribution in [-0.2, 0) is 9.47 Å². The molecule has 2 aliphatic heterocycles. The van der Waals surface area contributed by atoms with Gasteiger partial charge in [0.25, 0.3) is 0 Å². The van der Waals surface area contributed by atoms with Crippen LogP contribution in [0.4, 0.5) is 0 Å². The number of ether oxygens (including phenoxy) is 2. The van der Waals surface area contributed by atoms with Gasteiger partial charge in [0.1, 0.15) is 0 Å². The van der Waals surface area contributed by atoms with Crippen molar-refractivity contribution in [1.29, 1.82) is 0 Å². The molecule has 0 radical (unpaired) electrons. The largest absolute Gasteiger partial charge is 0.381 e. The van der Waals surface area contributed by atoms with E-state index in [1.165, 1.54) is 12.8 Å². The second-order valence-electron chi connectivity index (χ2n) is 6.40. The molecule has 4 heteroatoms. The number of morpholine rings is 1. The van der Waals surface area contributed by atoms with Gasteiger partial charge >= 0.3 is 0 Å². The van der Waals surface area contributed by atoms with Crippen molar-refractivity contribution in [1.82, 2.24) is 10.2 Å². The highest BCUT2D eigenvalue weighted by atomic mass is 16.5. The molecule has 1 N–H and O–H groups in total. The van der Waals surface area contributed by atoms with Crippen molar-refractivity contribution < 1.29 is 9.47 Å². The van der Waals surface area contributed by atoms with E-state index in [-0.39, 0.29) is 0 Å². The number of rotatable bonds is 6. The van der Waals surface area contributed by atoms with Gasteiger partial charge in [-0.05, 0) is 33.2 Å². The van der Waals surface area contributed by atoms with Crippen molar-refractivity contribution in [2.75, 3.05) is 46.0 Å². The van der Waals surface area contributed by atoms with Crippen LogP contribution >= 0.6 is 0 Å². The zero-order chi connectivity index (χ0) is 13.7. The Labute approximate surface area is 117 Å². The summed E-state index contributed by atoms with van der Waals surface area (Å²) in [6.45, 7) is 13.7. The van der Waals surface area contributed by atoms with Gasteiger partial charge in [-0.1, -0.05) is 6.92 Å². The summed E-state index contributed by atoms with van der Waals surface area (Å²) in [5.41, 5.74) is 0.306. The highest BCUT2D eigenvalue weighted by molar-refractivity contribution is 4.91. The first-order chi connectivity index (χ1) is 9.15. The molecule has 0 spiro atoms. The summed E-state index contributed by atoms with van der Waals surface area (Å²) < 4.78 is 11.4. The van der Waals surface area contributed by atoms with E-state index in [1.807, 2.05) is 0 Å². The van der Waals surface area contributed by atoms with E-state index in [1.54, 1.807) is 0 Å². The molecule has 3 atom stereocenters. The molecular weight excluding hydrogens is 240 g/mol. The molecule has 0 aromatic rings. The highest BCUT2D eigenvalue weighted by Crippen LogP contribution is 2.30. The maximum atomic E-state index is 5.73. The molecule has 4 nitrogen and oxygen atoms in total. The van der Waals surface area contributed by atoms with Crippen LogP contribution in [0.15, 0.2) is 0 Å². The van der Waals surface area contributed by atoms with Crippen LogP contribution < -0.4 is 5.32 Å². The minimum atomic E-state index is 0.306. The van der Waals surface area contributed by atoms with E-state index in [0.29, 0.717) is 17.6 Å². The van der Waals surface area contributed by atoms with Crippen molar-refractivity contribution in [2.24, 2.45) is 5.41 Å². The summed E-state index contributed by atoms with van der Waals surface area (Å²) in [7, 11) is 0. The smallest absolute Gasteiger partial charge is 0.0674 e. The molecule has 0 saturated carbocycles. The fourth-order valence-corrected chi connectivity index (χ4v) is 3.12. The monoisotopic (exact) mass is 270 g/mol. The van der Waals surface area contributed by atoms with E-state index < -0.39 is 0 Å². The van der Waals surface area contributed by atoms with Gasteiger partial charge in [0, 0.05) is 37.7 Å². The molecule has 0 amide bonds. The van der Waals surface area contributed by atoms with Crippen LogP contribution in [0.25, 0.3) is 0 Å². The van der Waals surface area contributed by atoms with Gasteiger partial charge in [-0.3, -0.25) is 4.90 Å². The standard InChI is InChI=1S/C15H30N2O2/c1-4-6-16-10-15(5-7-18-12-15)11-17-8-14(3)19-9-13(17)2/h13-14,16H,4-12H2,1-3H3. The number of nitrogens with zero attached hydrogens (tertiary/aromatic N) is 1. The Morgan fingerprint density at radius 1 is 1.37 bits per heavy atom. The quantitative estimate of drug-likeness (QED) is 0.742. The van der Waals surface area contributed by atoms with E-state index in [4.69, 9.17) is 9.47 Å². The van der Waals surface area contributed by atoms with Crippen molar-refractivity contribution in [3.05, 3.63) is 0 Å². The van der Waals surface area contributed by atoms with Gasteiger partial charge in [-0.2, -0.15) is 0 Å². The summed E-state index contributed by atoms with van der Waals surface area (Å²) >= 11 is 0. The van der Waals surface area contributed by atoms with Crippen molar-refractivity contribution in [3.8, 4) is 0 Å². The highest BCUT2D eigenvalue weighted by Gasteiger charge is 2.38. The zero-order valence-corrected chi connectivity index (χ0v) is 12.8. The van der Waals surface area contributed by atoms with Crippen molar-refractivity contribution >= 4 is 0 Å². The molecule has 0 aromatic heterocycles. The molecule has 112 valence electrons. The molecule has 2 fully saturated rings. The minimum absolute atomic E-state index is 0.306. The topological polar surface area (TPSA) is 33.7 Å². The Balaban J connectivity index is 1.91. The summed E-state index contributed by atoms with van der Waals surface area (Å²) in [6.07, 6.45) is 2.74. The third kappa shape index (κ3) is 4.15. The van der Waals surface area contributed by atoms with Crippen LogP contribution in [0.5, 0.6) is 0 Å². The lowest BCUT2D eigenvalue weighted by Gasteiger charge is -2.42. The summed E-state index contributed by atoms with van der Waals surface area (Å²) in [5.74, 6) is 0. The van der Waals surface area contributed by atoms with E-state index in [0.717, 1.165) is 46.0 Å². The Bertz CT molecular complexity index is 267. The zero-order valence-electron chi connectivity index (χ0n) is 12.8. The average molecular weight is 270 g/mol. The second-order valence-corrected chi connectivity index (χ2v) is 6.40. The fraction of sp³-hybridized carbons (Fsp3) is 1.00. The molecule has 2 rings (SSSR count). The predicted octanol–water partition coefficient (Wildman–Crippen LogP) is 1.50. The molecule has 0 aromatic carbocycles. The Hall–Kier alpha value is -0.160. The van der Waals surface area contributed by atoms with E-state index >= 15 is 0 Å². The van der Waals surface area contributed by atoms with Crippen LogP contribution in [0.2, 0.25) is 0 Å². The number of hydrogen-bond acceptors (Lipinski definition) is 4. The minimum Gasteiger partial charge on any atom is -0.381 e. The van der Waals surface area contributed by atoms with Gasteiger partial charge in [0.05, 0.1) is 19.3 Å². The third-order valence-corrected chi connectivity index (χ3v) is 4.39. The summed E-state index contributed by atoms with van der Waals surface area (Å²) in [5, 5.41) is 3.60. The SMILES string of the molecule is CCCNCC1(CN2CC(C)OCC2C)CCOC1. The van der Waals surface area contributed by atoms with E-state index in [2.05, 4.69) is 31.0 Å². The lowest BCUT2D eigenvalue weighted by atomic mass is 9.85. The molecule has 2 aliphatic rings. The van der Waals surface area contributed by atoms with Gasteiger partial charge in [-0.25, -0.2) is 0 Å². The Kier molecular flexibility index (Phi) is 5.63. The van der Waals surface area contributed by atoms with Crippen LogP contribution in [-0.4, -0.2) is 63.0 Å². The Morgan fingerprint density at radius 2 is 2.21 bits per heavy atom. The first-order valence-electron chi connectivity index (χ1n) is 7.79. The third-order valence-electron chi connectivity index (χ3n) is 4.39. The van der Waals surface area contributed by atoms with Crippen LogP contribution in [0.1, 0.15) is 33.6 Å². The fourth-order valence-electron chi connectivity index (χ4n) is 3.12. The van der Waals surface area contributed by atoms with Crippen LogP contribution in [0, 0.1) is 5.41 Å². The normalized spacial score (nSPS) is 36.8. The van der Waals surface area contributed by atoms with Crippen LogP contribution in [0.3, 0.4) is 0 Å². The molecule has 19 heavy (non-hydrogen) atoms. The lowest BCUT2D eigenvalue weighted by molar-refractivity contribution is -0.0636. The summed E-state index contributed by atoms with van der Waals surface area (Å²) in [4.78, 5) is 2.59. The molecule has 0 bridgehead atoms.